The van der Waals surface area contributed by atoms with Crippen molar-refractivity contribution in [3.63, 3.8) is 0 Å². The average Bonchev–Trinajstić information content (AvgIpc) is 3.09. The first-order valence-corrected chi connectivity index (χ1v) is 6.33. The van der Waals surface area contributed by atoms with Gasteiger partial charge in [0.15, 0.2) is 0 Å². The summed E-state index contributed by atoms with van der Waals surface area (Å²) in [6, 6.07) is 10.8. The third-order valence-electron chi connectivity index (χ3n) is 3.64. The fraction of sp³-hybridized carbons (Fsp3) is 0.571. The van der Waals surface area contributed by atoms with E-state index in [1.807, 2.05) is 0 Å². The Morgan fingerprint density at radius 3 is 2.88 bits per heavy atom. The van der Waals surface area contributed by atoms with Crippen LogP contribution in [-0.2, 0) is 11.2 Å². The highest BCUT2D eigenvalue weighted by Gasteiger charge is 2.42. The lowest BCUT2D eigenvalue weighted by Gasteiger charge is -2.23. The smallest absolute Gasteiger partial charge is 0.0968 e. The second-order valence-electron chi connectivity index (χ2n) is 4.89. The van der Waals surface area contributed by atoms with E-state index in [0.29, 0.717) is 12.2 Å². The van der Waals surface area contributed by atoms with Gasteiger partial charge in [0.25, 0.3) is 0 Å². The zero-order valence-corrected chi connectivity index (χ0v) is 9.64. The van der Waals surface area contributed by atoms with Gasteiger partial charge in [-0.1, -0.05) is 30.3 Å². The summed E-state index contributed by atoms with van der Waals surface area (Å²) >= 11 is 0. The standard InChI is InChI=1S/C14H19NO/c1-2-5-12(6-3-1)7-4-9-15-10-8-13-14(11-15)16-13/h1-3,5-6,13-14H,4,7-11H2. The van der Waals surface area contributed by atoms with Crippen molar-refractivity contribution in [2.24, 2.45) is 0 Å². The summed E-state index contributed by atoms with van der Waals surface area (Å²) in [6.45, 7) is 3.62. The topological polar surface area (TPSA) is 15.8 Å². The quantitative estimate of drug-likeness (QED) is 0.718. The number of hydrogen-bond acceptors (Lipinski definition) is 2. The van der Waals surface area contributed by atoms with Gasteiger partial charge in [-0.2, -0.15) is 0 Å². The second kappa shape index (κ2) is 4.56. The Morgan fingerprint density at radius 2 is 2.06 bits per heavy atom. The van der Waals surface area contributed by atoms with E-state index >= 15 is 0 Å². The number of likely N-dealkylation sites (tertiary alicyclic amines) is 1. The third-order valence-corrected chi connectivity index (χ3v) is 3.64. The normalized spacial score (nSPS) is 28.8. The summed E-state index contributed by atoms with van der Waals surface area (Å²) in [5, 5.41) is 0. The van der Waals surface area contributed by atoms with E-state index in [4.69, 9.17) is 4.74 Å². The first kappa shape index (κ1) is 10.3. The van der Waals surface area contributed by atoms with E-state index in [1.54, 1.807) is 0 Å². The summed E-state index contributed by atoms with van der Waals surface area (Å²) in [6.07, 6.45) is 4.90. The van der Waals surface area contributed by atoms with Crippen LogP contribution < -0.4 is 0 Å². The molecule has 2 aliphatic heterocycles. The van der Waals surface area contributed by atoms with Gasteiger partial charge in [0.2, 0.25) is 0 Å². The largest absolute Gasteiger partial charge is 0.368 e. The molecule has 0 bridgehead atoms. The minimum Gasteiger partial charge on any atom is -0.368 e. The number of nitrogens with zero attached hydrogens (tertiary/aromatic N) is 1. The molecule has 0 radical (unpaired) electrons. The van der Waals surface area contributed by atoms with Crippen LogP contribution in [0.15, 0.2) is 30.3 Å². The summed E-state index contributed by atoms with van der Waals surface area (Å²) < 4.78 is 5.53. The molecule has 2 aliphatic rings. The zero-order chi connectivity index (χ0) is 10.8. The maximum atomic E-state index is 5.53. The van der Waals surface area contributed by atoms with Crippen molar-refractivity contribution >= 4 is 0 Å². The van der Waals surface area contributed by atoms with Crippen LogP contribution in [0.3, 0.4) is 0 Å². The lowest BCUT2D eigenvalue weighted by atomic mass is 10.1. The molecule has 2 heterocycles. The molecule has 1 aromatic rings. The van der Waals surface area contributed by atoms with Gasteiger partial charge in [0, 0.05) is 13.1 Å². The van der Waals surface area contributed by atoms with Crippen LogP contribution in [-0.4, -0.2) is 36.7 Å². The van der Waals surface area contributed by atoms with Crippen molar-refractivity contribution in [2.45, 2.75) is 31.5 Å². The van der Waals surface area contributed by atoms with Crippen LogP contribution in [0.2, 0.25) is 0 Å². The summed E-state index contributed by atoms with van der Waals surface area (Å²) in [5.41, 5.74) is 1.46. The molecule has 0 spiro atoms. The molecule has 0 amide bonds. The molecule has 2 unspecified atom stereocenters. The Hall–Kier alpha value is -0.860. The second-order valence-corrected chi connectivity index (χ2v) is 4.89. The van der Waals surface area contributed by atoms with Crippen molar-refractivity contribution < 1.29 is 4.74 Å². The van der Waals surface area contributed by atoms with E-state index in [-0.39, 0.29) is 0 Å². The van der Waals surface area contributed by atoms with Crippen molar-refractivity contribution in [3.05, 3.63) is 35.9 Å². The molecule has 2 atom stereocenters. The SMILES string of the molecule is c1ccc(CCCN2CCC3OC3C2)cc1. The van der Waals surface area contributed by atoms with Crippen LogP contribution in [0.4, 0.5) is 0 Å². The monoisotopic (exact) mass is 217 g/mol. The molecule has 2 fully saturated rings. The third kappa shape index (κ3) is 2.45. The number of ether oxygens (including phenoxy) is 1. The number of benzene rings is 1. The van der Waals surface area contributed by atoms with Crippen molar-refractivity contribution in [1.82, 2.24) is 4.90 Å². The van der Waals surface area contributed by atoms with Gasteiger partial charge in [-0.05, 0) is 31.4 Å². The average molecular weight is 217 g/mol. The fourth-order valence-corrected chi connectivity index (χ4v) is 2.60. The van der Waals surface area contributed by atoms with Crippen LogP contribution in [0, 0.1) is 0 Å². The van der Waals surface area contributed by atoms with E-state index < -0.39 is 0 Å². The minimum absolute atomic E-state index is 0.575. The number of aryl methyl sites for hydroxylation is 1. The molecule has 0 N–H and O–H groups in total. The summed E-state index contributed by atoms with van der Waals surface area (Å²) in [5.74, 6) is 0. The molecule has 0 aromatic heterocycles. The molecule has 2 heteroatoms. The molecule has 3 rings (SSSR count). The van der Waals surface area contributed by atoms with Gasteiger partial charge in [-0.3, -0.25) is 0 Å². The van der Waals surface area contributed by atoms with Crippen molar-refractivity contribution in [1.29, 1.82) is 0 Å². The number of hydrogen-bond donors (Lipinski definition) is 0. The zero-order valence-electron chi connectivity index (χ0n) is 9.64. The lowest BCUT2D eigenvalue weighted by molar-refractivity contribution is 0.243. The fourth-order valence-electron chi connectivity index (χ4n) is 2.60. The highest BCUT2D eigenvalue weighted by molar-refractivity contribution is 5.14. The van der Waals surface area contributed by atoms with E-state index in [9.17, 15) is 0 Å². The van der Waals surface area contributed by atoms with E-state index in [1.165, 1.54) is 44.5 Å². The van der Waals surface area contributed by atoms with E-state index in [0.717, 1.165) is 0 Å². The van der Waals surface area contributed by atoms with Crippen molar-refractivity contribution in [2.75, 3.05) is 19.6 Å². The van der Waals surface area contributed by atoms with E-state index in [2.05, 4.69) is 35.2 Å². The Labute approximate surface area is 97.2 Å². The van der Waals surface area contributed by atoms with Crippen molar-refractivity contribution in [3.8, 4) is 0 Å². The maximum absolute atomic E-state index is 5.53. The van der Waals surface area contributed by atoms with Gasteiger partial charge < -0.3 is 9.64 Å². The Morgan fingerprint density at radius 1 is 1.19 bits per heavy atom. The molecule has 1 aromatic carbocycles. The molecule has 16 heavy (non-hydrogen) atoms. The molecule has 86 valence electrons. The maximum Gasteiger partial charge on any atom is 0.0968 e. The predicted octanol–water partition coefficient (Wildman–Crippen LogP) is 2.09. The molecule has 2 saturated heterocycles. The molecular formula is C14H19NO. The Kier molecular flexibility index (Phi) is 2.94. The number of fused-ring (bicyclic) bond motifs is 1. The van der Waals surface area contributed by atoms with Crippen LogP contribution in [0.25, 0.3) is 0 Å². The van der Waals surface area contributed by atoms with Gasteiger partial charge in [-0.25, -0.2) is 0 Å². The number of epoxide rings is 1. The van der Waals surface area contributed by atoms with Gasteiger partial charge >= 0.3 is 0 Å². The molecular weight excluding hydrogens is 198 g/mol. The summed E-state index contributed by atoms with van der Waals surface area (Å²) in [4.78, 5) is 2.55. The predicted molar refractivity (Wildman–Crippen MR) is 64.5 cm³/mol. The molecule has 2 nitrogen and oxygen atoms in total. The number of piperidine rings is 1. The van der Waals surface area contributed by atoms with Gasteiger partial charge in [0.05, 0.1) is 12.2 Å². The molecule has 0 aliphatic carbocycles. The number of rotatable bonds is 4. The summed E-state index contributed by atoms with van der Waals surface area (Å²) in [7, 11) is 0. The first-order chi connectivity index (χ1) is 7.92. The Balaban J connectivity index is 1.40. The Bertz CT molecular complexity index is 338. The lowest BCUT2D eigenvalue weighted by Crippen LogP contribution is -2.35. The van der Waals surface area contributed by atoms with Crippen LogP contribution in [0.1, 0.15) is 18.4 Å². The first-order valence-electron chi connectivity index (χ1n) is 6.33. The van der Waals surface area contributed by atoms with Crippen LogP contribution >= 0.6 is 0 Å². The highest BCUT2D eigenvalue weighted by Crippen LogP contribution is 2.30. The minimum atomic E-state index is 0.575. The highest BCUT2D eigenvalue weighted by atomic mass is 16.6. The van der Waals surface area contributed by atoms with Gasteiger partial charge in [-0.15, -0.1) is 0 Å². The van der Waals surface area contributed by atoms with Crippen LogP contribution in [0.5, 0.6) is 0 Å². The molecule has 0 saturated carbocycles. The van der Waals surface area contributed by atoms with Gasteiger partial charge in [0.1, 0.15) is 0 Å².